The SMILES string of the molecule is Cc1ccc(C(=O)NCC2(C)CCNCC2)cc1NC(=O)c1ccco1. The average molecular weight is 355 g/mol. The van der Waals surface area contributed by atoms with E-state index in [4.69, 9.17) is 4.42 Å². The van der Waals surface area contributed by atoms with Gasteiger partial charge in [-0.15, -0.1) is 0 Å². The Balaban J connectivity index is 1.66. The van der Waals surface area contributed by atoms with Crippen LogP contribution in [0.15, 0.2) is 41.0 Å². The molecule has 2 heterocycles. The van der Waals surface area contributed by atoms with Crippen molar-refractivity contribution in [1.82, 2.24) is 10.6 Å². The number of furan rings is 1. The molecule has 1 aromatic heterocycles. The van der Waals surface area contributed by atoms with Gasteiger partial charge in [0, 0.05) is 17.8 Å². The second kappa shape index (κ2) is 7.74. The summed E-state index contributed by atoms with van der Waals surface area (Å²) >= 11 is 0. The van der Waals surface area contributed by atoms with Gasteiger partial charge in [-0.1, -0.05) is 13.0 Å². The van der Waals surface area contributed by atoms with E-state index in [9.17, 15) is 9.59 Å². The lowest BCUT2D eigenvalue weighted by molar-refractivity contribution is 0.0921. The van der Waals surface area contributed by atoms with E-state index in [-0.39, 0.29) is 23.0 Å². The summed E-state index contributed by atoms with van der Waals surface area (Å²) in [4.78, 5) is 24.7. The van der Waals surface area contributed by atoms with E-state index in [0.29, 0.717) is 17.8 Å². The molecule has 6 heteroatoms. The summed E-state index contributed by atoms with van der Waals surface area (Å²) in [6, 6.07) is 8.57. The monoisotopic (exact) mass is 355 g/mol. The normalized spacial score (nSPS) is 16.1. The van der Waals surface area contributed by atoms with Crippen LogP contribution in [0, 0.1) is 12.3 Å². The van der Waals surface area contributed by atoms with E-state index in [1.807, 2.05) is 13.0 Å². The third kappa shape index (κ3) is 4.32. The van der Waals surface area contributed by atoms with Crippen molar-refractivity contribution in [2.45, 2.75) is 26.7 Å². The van der Waals surface area contributed by atoms with Crippen molar-refractivity contribution in [3.63, 3.8) is 0 Å². The number of benzene rings is 1. The molecule has 1 aromatic carbocycles. The fourth-order valence-electron chi connectivity index (χ4n) is 3.09. The number of anilines is 1. The van der Waals surface area contributed by atoms with Gasteiger partial charge in [0.25, 0.3) is 11.8 Å². The van der Waals surface area contributed by atoms with Crippen LogP contribution in [-0.2, 0) is 0 Å². The molecule has 0 saturated carbocycles. The number of hydrogen-bond acceptors (Lipinski definition) is 4. The average Bonchev–Trinajstić information content (AvgIpc) is 3.17. The lowest BCUT2D eigenvalue weighted by atomic mass is 9.81. The number of carbonyl (C=O) groups is 2. The quantitative estimate of drug-likeness (QED) is 0.770. The molecule has 1 fully saturated rings. The molecule has 3 N–H and O–H groups in total. The molecule has 138 valence electrons. The molecule has 3 rings (SSSR count). The molecule has 2 aromatic rings. The fourth-order valence-corrected chi connectivity index (χ4v) is 3.09. The van der Waals surface area contributed by atoms with E-state index in [2.05, 4.69) is 22.9 Å². The minimum atomic E-state index is -0.335. The molecule has 0 unspecified atom stereocenters. The van der Waals surface area contributed by atoms with Crippen molar-refractivity contribution in [3.8, 4) is 0 Å². The van der Waals surface area contributed by atoms with Gasteiger partial charge in [0.2, 0.25) is 0 Å². The van der Waals surface area contributed by atoms with Crippen LogP contribution in [-0.4, -0.2) is 31.4 Å². The number of piperidine rings is 1. The van der Waals surface area contributed by atoms with Gasteiger partial charge < -0.3 is 20.4 Å². The summed E-state index contributed by atoms with van der Waals surface area (Å²) in [5, 5.41) is 9.18. The van der Waals surface area contributed by atoms with E-state index in [1.165, 1.54) is 6.26 Å². The molecule has 1 aliphatic rings. The molecule has 0 bridgehead atoms. The number of hydrogen-bond donors (Lipinski definition) is 3. The van der Waals surface area contributed by atoms with Crippen LogP contribution in [0.5, 0.6) is 0 Å². The van der Waals surface area contributed by atoms with Gasteiger partial charge in [-0.2, -0.15) is 0 Å². The maximum absolute atomic E-state index is 12.5. The van der Waals surface area contributed by atoms with Crippen molar-refractivity contribution in [2.75, 3.05) is 25.0 Å². The summed E-state index contributed by atoms with van der Waals surface area (Å²) < 4.78 is 5.11. The molecule has 0 spiro atoms. The Hall–Kier alpha value is -2.60. The van der Waals surface area contributed by atoms with E-state index in [1.54, 1.807) is 24.3 Å². The summed E-state index contributed by atoms with van der Waals surface area (Å²) in [5.74, 6) is -0.228. The summed E-state index contributed by atoms with van der Waals surface area (Å²) in [7, 11) is 0. The second-order valence-electron chi connectivity index (χ2n) is 7.20. The smallest absolute Gasteiger partial charge is 0.291 e. The number of aryl methyl sites for hydroxylation is 1. The Morgan fingerprint density at radius 2 is 1.96 bits per heavy atom. The highest BCUT2D eigenvalue weighted by molar-refractivity contribution is 6.03. The van der Waals surface area contributed by atoms with Crippen molar-refractivity contribution in [3.05, 3.63) is 53.5 Å². The van der Waals surface area contributed by atoms with Crippen LogP contribution in [0.25, 0.3) is 0 Å². The maximum Gasteiger partial charge on any atom is 0.291 e. The molecule has 1 aliphatic heterocycles. The highest BCUT2D eigenvalue weighted by Crippen LogP contribution is 2.27. The first-order chi connectivity index (χ1) is 12.5. The Morgan fingerprint density at radius 1 is 1.19 bits per heavy atom. The molecular weight excluding hydrogens is 330 g/mol. The molecule has 1 saturated heterocycles. The molecule has 26 heavy (non-hydrogen) atoms. The lowest BCUT2D eigenvalue weighted by Gasteiger charge is -2.34. The zero-order valence-electron chi connectivity index (χ0n) is 15.2. The Bertz CT molecular complexity index is 778. The fraction of sp³-hybridized carbons (Fsp3) is 0.400. The summed E-state index contributed by atoms with van der Waals surface area (Å²) in [5.41, 5.74) is 2.14. The van der Waals surface area contributed by atoms with Crippen LogP contribution in [0.4, 0.5) is 5.69 Å². The van der Waals surface area contributed by atoms with Crippen LogP contribution in [0.2, 0.25) is 0 Å². The van der Waals surface area contributed by atoms with Crippen LogP contribution < -0.4 is 16.0 Å². The molecular formula is C20H25N3O3. The van der Waals surface area contributed by atoms with Gasteiger partial charge in [0.15, 0.2) is 5.76 Å². The first kappa shape index (κ1) is 18.2. The number of rotatable bonds is 5. The molecule has 0 radical (unpaired) electrons. The predicted octanol–water partition coefficient (Wildman–Crippen LogP) is 2.96. The Morgan fingerprint density at radius 3 is 2.65 bits per heavy atom. The van der Waals surface area contributed by atoms with Crippen LogP contribution >= 0.6 is 0 Å². The molecule has 2 amide bonds. The number of amides is 2. The van der Waals surface area contributed by atoms with E-state index in [0.717, 1.165) is 31.5 Å². The number of nitrogens with one attached hydrogen (secondary N) is 3. The third-order valence-electron chi connectivity index (χ3n) is 4.98. The predicted molar refractivity (Wildman–Crippen MR) is 100 cm³/mol. The van der Waals surface area contributed by atoms with E-state index >= 15 is 0 Å². The molecule has 0 atom stereocenters. The van der Waals surface area contributed by atoms with Crippen molar-refractivity contribution >= 4 is 17.5 Å². The van der Waals surface area contributed by atoms with Gasteiger partial charge in [-0.05, 0) is 68.1 Å². The first-order valence-electron chi connectivity index (χ1n) is 8.91. The van der Waals surface area contributed by atoms with Crippen LogP contribution in [0.1, 0.15) is 46.2 Å². The van der Waals surface area contributed by atoms with Crippen molar-refractivity contribution in [1.29, 1.82) is 0 Å². The Kier molecular flexibility index (Phi) is 5.42. The highest BCUT2D eigenvalue weighted by atomic mass is 16.3. The first-order valence-corrected chi connectivity index (χ1v) is 8.91. The van der Waals surface area contributed by atoms with Gasteiger partial charge in [-0.3, -0.25) is 9.59 Å². The summed E-state index contributed by atoms with van der Waals surface area (Å²) in [6.45, 7) is 6.71. The van der Waals surface area contributed by atoms with Crippen molar-refractivity contribution < 1.29 is 14.0 Å². The van der Waals surface area contributed by atoms with Crippen molar-refractivity contribution in [2.24, 2.45) is 5.41 Å². The second-order valence-corrected chi connectivity index (χ2v) is 7.20. The highest BCUT2D eigenvalue weighted by Gasteiger charge is 2.27. The minimum absolute atomic E-state index is 0.127. The van der Waals surface area contributed by atoms with Gasteiger partial charge >= 0.3 is 0 Å². The standard InChI is InChI=1S/C20H25N3O3/c1-14-5-6-15(12-16(14)23-19(25)17-4-3-11-26-17)18(24)22-13-20(2)7-9-21-10-8-20/h3-6,11-12,21H,7-10,13H2,1-2H3,(H,22,24)(H,23,25). The van der Waals surface area contributed by atoms with Gasteiger partial charge in [0.05, 0.1) is 6.26 Å². The van der Waals surface area contributed by atoms with Crippen LogP contribution in [0.3, 0.4) is 0 Å². The Labute approximate surface area is 153 Å². The van der Waals surface area contributed by atoms with Gasteiger partial charge in [0.1, 0.15) is 0 Å². The minimum Gasteiger partial charge on any atom is -0.459 e. The molecule has 0 aliphatic carbocycles. The number of carbonyl (C=O) groups excluding carboxylic acids is 2. The lowest BCUT2D eigenvalue weighted by Crippen LogP contribution is -2.42. The topological polar surface area (TPSA) is 83.4 Å². The molecule has 6 nitrogen and oxygen atoms in total. The van der Waals surface area contributed by atoms with E-state index < -0.39 is 0 Å². The maximum atomic E-state index is 12.5. The summed E-state index contributed by atoms with van der Waals surface area (Å²) in [6.07, 6.45) is 3.55. The zero-order valence-corrected chi connectivity index (χ0v) is 15.2. The van der Waals surface area contributed by atoms with Gasteiger partial charge in [-0.25, -0.2) is 0 Å². The third-order valence-corrected chi connectivity index (χ3v) is 4.98. The zero-order chi connectivity index (χ0) is 18.6. The largest absolute Gasteiger partial charge is 0.459 e.